The van der Waals surface area contributed by atoms with Crippen molar-refractivity contribution in [2.45, 2.75) is 18.1 Å². The van der Waals surface area contributed by atoms with Gasteiger partial charge in [0.25, 0.3) is 5.22 Å². The van der Waals surface area contributed by atoms with Crippen LogP contribution in [0.1, 0.15) is 17.2 Å². The van der Waals surface area contributed by atoms with Gasteiger partial charge in [-0.15, -0.1) is 21.5 Å². The molecule has 0 fully saturated rings. The largest absolute Gasteiger partial charge is 0.416 e. The van der Waals surface area contributed by atoms with E-state index in [9.17, 15) is 4.79 Å². The zero-order chi connectivity index (χ0) is 12.1. The number of amides is 1. The third kappa shape index (κ3) is 3.86. The van der Waals surface area contributed by atoms with Gasteiger partial charge in [-0.05, 0) is 11.4 Å². The number of hydrogen-bond donors (Lipinski definition) is 1. The Balaban J connectivity index is 1.85. The van der Waals surface area contributed by atoms with Gasteiger partial charge in [0.05, 0.1) is 6.42 Å². The second-order valence-electron chi connectivity index (χ2n) is 3.28. The van der Waals surface area contributed by atoms with Crippen LogP contribution in [0.5, 0.6) is 0 Å². The van der Waals surface area contributed by atoms with Crippen molar-refractivity contribution >= 4 is 29.0 Å². The van der Waals surface area contributed by atoms with E-state index in [0.29, 0.717) is 29.7 Å². The molecule has 2 N–H and O–H groups in total. The second-order valence-corrected chi connectivity index (χ2v) is 5.36. The van der Waals surface area contributed by atoms with Gasteiger partial charge in [-0.3, -0.25) is 4.79 Å². The number of nitrogens with zero attached hydrogens (tertiary/aromatic N) is 2. The normalized spacial score (nSPS) is 10.6. The summed E-state index contributed by atoms with van der Waals surface area (Å²) in [5, 5.41) is 10.3. The monoisotopic (exact) mass is 269 g/mol. The third-order valence-electron chi connectivity index (χ3n) is 1.93. The number of carbonyl (C=O) groups excluding carboxylic acids is 1. The molecule has 0 aromatic carbocycles. The maximum absolute atomic E-state index is 10.5. The number of hydrogen-bond acceptors (Lipinski definition) is 6. The Morgan fingerprint density at radius 2 is 2.41 bits per heavy atom. The minimum Gasteiger partial charge on any atom is -0.416 e. The van der Waals surface area contributed by atoms with Gasteiger partial charge >= 0.3 is 0 Å². The van der Waals surface area contributed by atoms with Gasteiger partial charge in [-0.2, -0.15) is 0 Å². The zero-order valence-corrected chi connectivity index (χ0v) is 10.6. The highest BCUT2D eigenvalue weighted by Gasteiger charge is 2.08. The molecule has 2 aromatic rings. The molecule has 0 bridgehead atoms. The molecule has 17 heavy (non-hydrogen) atoms. The number of rotatable bonds is 6. The van der Waals surface area contributed by atoms with Gasteiger partial charge in [-0.1, -0.05) is 17.8 Å². The highest BCUT2D eigenvalue weighted by molar-refractivity contribution is 7.99. The predicted molar refractivity (Wildman–Crippen MR) is 66.0 cm³/mol. The molecule has 90 valence electrons. The molecule has 0 aliphatic heterocycles. The maximum Gasteiger partial charge on any atom is 0.276 e. The molecule has 0 unspecified atom stereocenters. The molecule has 5 nitrogen and oxygen atoms in total. The number of carbonyl (C=O) groups is 1. The predicted octanol–water partition coefficient (Wildman–Crippen LogP) is 1.69. The first-order valence-electron chi connectivity index (χ1n) is 5.00. The van der Waals surface area contributed by atoms with Crippen molar-refractivity contribution in [3.63, 3.8) is 0 Å². The fourth-order valence-corrected chi connectivity index (χ4v) is 2.60. The van der Waals surface area contributed by atoms with E-state index in [2.05, 4.69) is 10.2 Å². The molecule has 1 amide bonds. The fourth-order valence-electron chi connectivity index (χ4n) is 1.17. The molecule has 0 aliphatic rings. The van der Waals surface area contributed by atoms with E-state index >= 15 is 0 Å². The molecule has 2 rings (SSSR count). The van der Waals surface area contributed by atoms with Gasteiger partial charge in [0.15, 0.2) is 0 Å². The van der Waals surface area contributed by atoms with E-state index in [0.717, 1.165) is 0 Å². The average Bonchev–Trinajstić information content (AvgIpc) is 2.90. The van der Waals surface area contributed by atoms with Crippen molar-refractivity contribution in [2.24, 2.45) is 5.73 Å². The number of nitrogens with two attached hydrogens (primary N) is 1. The Labute approximate surface area is 106 Å². The zero-order valence-electron chi connectivity index (χ0n) is 8.96. The number of primary amides is 1. The van der Waals surface area contributed by atoms with Crippen LogP contribution in [0.3, 0.4) is 0 Å². The van der Waals surface area contributed by atoms with Crippen LogP contribution in [-0.2, 0) is 11.2 Å². The Hall–Kier alpha value is -1.34. The summed E-state index contributed by atoms with van der Waals surface area (Å²) in [5.74, 6) is 0.834. The van der Waals surface area contributed by atoms with Gasteiger partial charge < -0.3 is 10.2 Å². The Kier molecular flexibility index (Phi) is 4.16. The second kappa shape index (κ2) is 5.83. The van der Waals surface area contributed by atoms with E-state index in [1.54, 1.807) is 11.3 Å². The summed E-state index contributed by atoms with van der Waals surface area (Å²) in [5.41, 5.74) is 5.03. The molecule has 0 spiro atoms. The summed E-state index contributed by atoms with van der Waals surface area (Å²) in [6.45, 7) is 0. The lowest BCUT2D eigenvalue weighted by Gasteiger charge is -1.92. The van der Waals surface area contributed by atoms with Crippen LogP contribution in [0.15, 0.2) is 27.2 Å². The fraction of sp³-hybridized carbons (Fsp3) is 0.300. The van der Waals surface area contributed by atoms with E-state index in [1.807, 2.05) is 17.5 Å². The van der Waals surface area contributed by atoms with E-state index in [-0.39, 0.29) is 5.91 Å². The summed E-state index contributed by atoms with van der Waals surface area (Å²) >= 11 is 3.00. The van der Waals surface area contributed by atoms with Gasteiger partial charge in [0.1, 0.15) is 0 Å². The number of thioether (sulfide) groups is 1. The number of thiophene rings is 1. The maximum atomic E-state index is 10.5. The van der Waals surface area contributed by atoms with Crippen molar-refractivity contribution < 1.29 is 9.21 Å². The van der Waals surface area contributed by atoms with Crippen LogP contribution in [0.25, 0.3) is 0 Å². The van der Waals surface area contributed by atoms with E-state index < -0.39 is 0 Å². The smallest absolute Gasteiger partial charge is 0.276 e. The van der Waals surface area contributed by atoms with Gasteiger partial charge in [0.2, 0.25) is 11.8 Å². The number of aromatic nitrogens is 2. The lowest BCUT2D eigenvalue weighted by atomic mass is 10.3. The molecular weight excluding hydrogens is 258 g/mol. The van der Waals surface area contributed by atoms with Crippen molar-refractivity contribution in [3.8, 4) is 0 Å². The van der Waals surface area contributed by atoms with E-state index in [1.165, 1.54) is 16.6 Å². The first-order valence-corrected chi connectivity index (χ1v) is 6.86. The van der Waals surface area contributed by atoms with Crippen molar-refractivity contribution in [3.05, 3.63) is 28.3 Å². The highest BCUT2D eigenvalue weighted by Crippen LogP contribution is 2.19. The highest BCUT2D eigenvalue weighted by atomic mass is 32.2. The van der Waals surface area contributed by atoms with Crippen molar-refractivity contribution in [1.29, 1.82) is 0 Å². The quantitative estimate of drug-likeness (QED) is 0.807. The molecule has 7 heteroatoms. The molecule has 0 saturated carbocycles. The Morgan fingerprint density at radius 3 is 3.12 bits per heavy atom. The minimum atomic E-state index is -0.323. The molecule has 0 saturated heterocycles. The molecule has 0 atom stereocenters. The van der Waals surface area contributed by atoms with Crippen LogP contribution in [0.2, 0.25) is 0 Å². The minimum absolute atomic E-state index is 0.313. The summed E-state index contributed by atoms with van der Waals surface area (Å²) < 4.78 is 5.43. The SMILES string of the molecule is NC(=O)CCSc1nnc(Cc2cccs2)o1. The van der Waals surface area contributed by atoms with Gasteiger partial charge in [0, 0.05) is 17.1 Å². The topological polar surface area (TPSA) is 82.0 Å². The molecule has 2 heterocycles. The summed E-state index contributed by atoms with van der Waals surface area (Å²) in [4.78, 5) is 11.7. The van der Waals surface area contributed by atoms with Crippen LogP contribution >= 0.6 is 23.1 Å². The van der Waals surface area contributed by atoms with Crippen LogP contribution < -0.4 is 5.73 Å². The third-order valence-corrected chi connectivity index (χ3v) is 3.62. The summed E-state index contributed by atoms with van der Waals surface area (Å²) in [7, 11) is 0. The van der Waals surface area contributed by atoms with Crippen LogP contribution in [0.4, 0.5) is 0 Å². The molecular formula is C10H11N3O2S2. The first kappa shape index (κ1) is 12.1. The van der Waals surface area contributed by atoms with Crippen LogP contribution in [0, 0.1) is 0 Å². The standard InChI is InChI=1S/C10H11N3O2S2/c11-8(14)3-5-17-10-13-12-9(15-10)6-7-2-1-4-16-7/h1-2,4H,3,5-6H2,(H2,11,14). The Morgan fingerprint density at radius 1 is 1.53 bits per heavy atom. The van der Waals surface area contributed by atoms with Crippen LogP contribution in [-0.4, -0.2) is 21.9 Å². The van der Waals surface area contributed by atoms with E-state index in [4.69, 9.17) is 10.2 Å². The summed E-state index contributed by atoms with van der Waals surface area (Å²) in [6, 6.07) is 4.01. The van der Waals surface area contributed by atoms with Crippen molar-refractivity contribution in [2.75, 3.05) is 5.75 Å². The summed E-state index contributed by atoms with van der Waals surface area (Å²) in [6.07, 6.45) is 0.967. The average molecular weight is 269 g/mol. The lowest BCUT2D eigenvalue weighted by molar-refractivity contribution is -0.117. The molecule has 0 aliphatic carbocycles. The first-order chi connectivity index (χ1) is 8.24. The molecule has 2 aromatic heterocycles. The van der Waals surface area contributed by atoms with Gasteiger partial charge in [-0.25, -0.2) is 0 Å². The van der Waals surface area contributed by atoms with Crippen molar-refractivity contribution in [1.82, 2.24) is 10.2 Å². The Bertz CT molecular complexity index is 481. The molecule has 0 radical (unpaired) electrons. The lowest BCUT2D eigenvalue weighted by Crippen LogP contribution is -2.10.